The van der Waals surface area contributed by atoms with Crippen molar-refractivity contribution < 1.29 is 19.0 Å². The highest BCUT2D eigenvalue weighted by atomic mass is 16.6. The van der Waals surface area contributed by atoms with E-state index < -0.39 is 0 Å². The third-order valence-corrected chi connectivity index (χ3v) is 1.50. The first-order chi connectivity index (χ1) is 6.81. The second kappa shape index (κ2) is 10.5. The van der Waals surface area contributed by atoms with Gasteiger partial charge in [0, 0.05) is 13.0 Å². The predicted molar refractivity (Wildman–Crippen MR) is 53.2 cm³/mol. The minimum atomic E-state index is -0.184. The summed E-state index contributed by atoms with van der Waals surface area (Å²) in [5.41, 5.74) is 0. The Morgan fingerprint density at radius 1 is 0.929 bits per heavy atom. The summed E-state index contributed by atoms with van der Waals surface area (Å²) in [7, 11) is 0. The van der Waals surface area contributed by atoms with E-state index in [1.807, 2.05) is 0 Å². The second-order valence-corrected chi connectivity index (χ2v) is 2.80. The van der Waals surface area contributed by atoms with Gasteiger partial charge in [0.05, 0.1) is 19.8 Å². The maximum atomic E-state index is 10.7. The summed E-state index contributed by atoms with van der Waals surface area (Å²) in [6, 6.07) is 0. The number of carbonyl (C=O) groups excluding carboxylic acids is 1. The van der Waals surface area contributed by atoms with Gasteiger partial charge in [0.15, 0.2) is 0 Å². The van der Waals surface area contributed by atoms with Crippen LogP contribution in [0.15, 0.2) is 0 Å². The van der Waals surface area contributed by atoms with Crippen molar-refractivity contribution in [1.82, 2.24) is 0 Å². The predicted octanol–water partition coefficient (Wildman–Crippen LogP) is 1.38. The lowest BCUT2D eigenvalue weighted by Gasteiger charge is -2.05. The molecule has 0 saturated carbocycles. The summed E-state index contributed by atoms with van der Waals surface area (Å²) in [5, 5.41) is 0. The monoisotopic (exact) mass is 204 g/mol. The first kappa shape index (κ1) is 13.4. The molecule has 0 spiro atoms. The first-order valence-electron chi connectivity index (χ1n) is 5.12. The third kappa shape index (κ3) is 9.48. The minimum absolute atomic E-state index is 0.184. The molecule has 84 valence electrons. The Hall–Kier alpha value is -0.610. The van der Waals surface area contributed by atoms with E-state index in [0.29, 0.717) is 32.8 Å². The van der Waals surface area contributed by atoms with Crippen LogP contribution < -0.4 is 0 Å². The smallest absolute Gasteiger partial charge is 0.305 e. The highest BCUT2D eigenvalue weighted by Crippen LogP contribution is 1.86. The summed E-state index contributed by atoms with van der Waals surface area (Å²) in [6.45, 7) is 6.54. The molecule has 0 atom stereocenters. The molecule has 0 fully saturated rings. The molecular formula is C10H20O4. The number of hydrogen-bond acceptors (Lipinski definition) is 4. The molecule has 0 aromatic carbocycles. The Kier molecular flexibility index (Phi) is 10.0. The lowest BCUT2D eigenvalue weighted by atomic mass is 10.5. The topological polar surface area (TPSA) is 44.8 Å². The van der Waals surface area contributed by atoms with Gasteiger partial charge in [0.1, 0.15) is 6.61 Å². The van der Waals surface area contributed by atoms with Gasteiger partial charge in [-0.05, 0) is 6.42 Å². The van der Waals surface area contributed by atoms with Gasteiger partial charge < -0.3 is 14.2 Å². The fraction of sp³-hybridized carbons (Fsp3) is 0.900. The molecular weight excluding hydrogens is 184 g/mol. The summed E-state index contributed by atoms with van der Waals surface area (Å²) in [6.07, 6.45) is 1.44. The van der Waals surface area contributed by atoms with E-state index >= 15 is 0 Å². The Bertz CT molecular complexity index is 136. The van der Waals surface area contributed by atoms with Crippen LogP contribution in [0, 0.1) is 0 Å². The molecule has 4 heteroatoms. The van der Waals surface area contributed by atoms with Gasteiger partial charge >= 0.3 is 5.97 Å². The highest BCUT2D eigenvalue weighted by molar-refractivity contribution is 5.68. The lowest BCUT2D eigenvalue weighted by Crippen LogP contribution is -2.12. The highest BCUT2D eigenvalue weighted by Gasteiger charge is 1.96. The molecule has 0 heterocycles. The van der Waals surface area contributed by atoms with E-state index in [1.54, 1.807) is 6.92 Å². The van der Waals surface area contributed by atoms with E-state index in [4.69, 9.17) is 14.2 Å². The van der Waals surface area contributed by atoms with Crippen LogP contribution in [0.3, 0.4) is 0 Å². The lowest BCUT2D eigenvalue weighted by molar-refractivity contribution is -0.144. The Balaban J connectivity index is 2.95. The number of rotatable bonds is 9. The van der Waals surface area contributed by atoms with Crippen molar-refractivity contribution in [3.05, 3.63) is 0 Å². The van der Waals surface area contributed by atoms with E-state index in [2.05, 4.69) is 6.92 Å². The summed E-state index contributed by atoms with van der Waals surface area (Å²) < 4.78 is 15.2. The molecule has 0 aliphatic rings. The zero-order valence-corrected chi connectivity index (χ0v) is 9.08. The van der Waals surface area contributed by atoms with Crippen molar-refractivity contribution >= 4 is 5.97 Å². The van der Waals surface area contributed by atoms with Gasteiger partial charge in [-0.3, -0.25) is 4.79 Å². The average molecular weight is 204 g/mol. The Morgan fingerprint density at radius 3 is 2.07 bits per heavy atom. The quantitative estimate of drug-likeness (QED) is 0.420. The van der Waals surface area contributed by atoms with Crippen molar-refractivity contribution in [3.63, 3.8) is 0 Å². The van der Waals surface area contributed by atoms with Gasteiger partial charge in [0.2, 0.25) is 0 Å². The van der Waals surface area contributed by atoms with Crippen LogP contribution in [0.2, 0.25) is 0 Å². The SMILES string of the molecule is CCCOCCOCCOC(=O)CC. The van der Waals surface area contributed by atoms with Crippen molar-refractivity contribution in [2.45, 2.75) is 26.7 Å². The summed E-state index contributed by atoms with van der Waals surface area (Å²) >= 11 is 0. The van der Waals surface area contributed by atoms with Gasteiger partial charge in [0.25, 0.3) is 0 Å². The molecule has 0 bridgehead atoms. The van der Waals surface area contributed by atoms with Crippen molar-refractivity contribution in [1.29, 1.82) is 0 Å². The molecule has 14 heavy (non-hydrogen) atoms. The van der Waals surface area contributed by atoms with Crippen molar-refractivity contribution in [2.75, 3.05) is 33.0 Å². The summed E-state index contributed by atoms with van der Waals surface area (Å²) in [4.78, 5) is 10.7. The third-order valence-electron chi connectivity index (χ3n) is 1.50. The van der Waals surface area contributed by atoms with Gasteiger partial charge in [-0.15, -0.1) is 0 Å². The first-order valence-corrected chi connectivity index (χ1v) is 5.12. The fourth-order valence-electron chi connectivity index (χ4n) is 0.783. The number of hydrogen-bond donors (Lipinski definition) is 0. The standard InChI is InChI=1S/C10H20O4/c1-3-5-12-6-7-13-8-9-14-10(11)4-2/h3-9H2,1-2H3. The minimum Gasteiger partial charge on any atom is -0.463 e. The largest absolute Gasteiger partial charge is 0.463 e. The molecule has 0 amide bonds. The molecule has 0 aliphatic carbocycles. The fourth-order valence-corrected chi connectivity index (χ4v) is 0.783. The number of esters is 1. The van der Waals surface area contributed by atoms with E-state index in [9.17, 15) is 4.79 Å². The Morgan fingerprint density at radius 2 is 1.50 bits per heavy atom. The van der Waals surface area contributed by atoms with Gasteiger partial charge in [-0.1, -0.05) is 13.8 Å². The molecule has 4 nitrogen and oxygen atoms in total. The van der Waals surface area contributed by atoms with Crippen LogP contribution in [0.5, 0.6) is 0 Å². The maximum absolute atomic E-state index is 10.7. The molecule has 0 rings (SSSR count). The average Bonchev–Trinajstić information content (AvgIpc) is 2.21. The molecule has 0 N–H and O–H groups in total. The van der Waals surface area contributed by atoms with E-state index in [1.165, 1.54) is 0 Å². The maximum Gasteiger partial charge on any atom is 0.305 e. The number of carbonyl (C=O) groups is 1. The van der Waals surface area contributed by atoms with Crippen LogP contribution >= 0.6 is 0 Å². The van der Waals surface area contributed by atoms with Gasteiger partial charge in [-0.25, -0.2) is 0 Å². The summed E-state index contributed by atoms with van der Waals surface area (Å²) in [5.74, 6) is -0.184. The molecule has 0 aromatic rings. The molecule has 0 saturated heterocycles. The van der Waals surface area contributed by atoms with Crippen LogP contribution in [-0.2, 0) is 19.0 Å². The van der Waals surface area contributed by atoms with Crippen LogP contribution in [0.4, 0.5) is 0 Å². The normalized spacial score (nSPS) is 10.1. The van der Waals surface area contributed by atoms with Crippen LogP contribution in [-0.4, -0.2) is 39.0 Å². The van der Waals surface area contributed by atoms with E-state index in [0.717, 1.165) is 13.0 Å². The van der Waals surface area contributed by atoms with E-state index in [-0.39, 0.29) is 5.97 Å². The second-order valence-electron chi connectivity index (χ2n) is 2.80. The van der Waals surface area contributed by atoms with Crippen molar-refractivity contribution in [3.8, 4) is 0 Å². The van der Waals surface area contributed by atoms with Crippen LogP contribution in [0.1, 0.15) is 26.7 Å². The van der Waals surface area contributed by atoms with Crippen molar-refractivity contribution in [2.24, 2.45) is 0 Å². The molecule has 0 radical (unpaired) electrons. The number of ether oxygens (including phenoxy) is 3. The van der Waals surface area contributed by atoms with Gasteiger partial charge in [-0.2, -0.15) is 0 Å². The Labute approximate surface area is 85.5 Å². The zero-order chi connectivity index (χ0) is 10.6. The van der Waals surface area contributed by atoms with Crippen LogP contribution in [0.25, 0.3) is 0 Å². The molecule has 0 aliphatic heterocycles. The molecule has 0 aromatic heterocycles. The zero-order valence-electron chi connectivity index (χ0n) is 9.08. The molecule has 0 unspecified atom stereocenters.